The maximum absolute atomic E-state index is 2.64. The summed E-state index contributed by atoms with van der Waals surface area (Å²) in [5, 5.41) is 0. The van der Waals surface area contributed by atoms with Crippen LogP contribution in [0.1, 0.15) is 33.6 Å². The van der Waals surface area contributed by atoms with Crippen molar-refractivity contribution in [1.29, 1.82) is 0 Å². The third-order valence-corrected chi connectivity index (χ3v) is 3.80. The SMILES string of the molecule is CC(C)N1CC2CCC2(C)C1. The molecule has 1 nitrogen and oxygen atoms in total. The van der Waals surface area contributed by atoms with Crippen molar-refractivity contribution < 1.29 is 0 Å². The Hall–Kier alpha value is -0.0400. The highest BCUT2D eigenvalue weighted by molar-refractivity contribution is 5.01. The van der Waals surface area contributed by atoms with Gasteiger partial charge in [0.05, 0.1) is 0 Å². The minimum Gasteiger partial charge on any atom is -0.300 e. The zero-order valence-corrected chi connectivity index (χ0v) is 7.93. The fourth-order valence-corrected chi connectivity index (χ4v) is 2.57. The van der Waals surface area contributed by atoms with Crippen molar-refractivity contribution in [3.63, 3.8) is 0 Å². The highest BCUT2D eigenvalue weighted by Gasteiger charge is 2.49. The number of likely N-dealkylation sites (tertiary alicyclic amines) is 1. The molecule has 1 saturated heterocycles. The van der Waals surface area contributed by atoms with Crippen LogP contribution in [0.2, 0.25) is 0 Å². The maximum atomic E-state index is 2.64. The number of nitrogens with zero attached hydrogens (tertiary/aromatic N) is 1. The van der Waals surface area contributed by atoms with Crippen LogP contribution in [-0.2, 0) is 0 Å². The second-order valence-corrected chi connectivity index (χ2v) is 4.91. The van der Waals surface area contributed by atoms with Gasteiger partial charge in [-0.1, -0.05) is 6.92 Å². The molecule has 0 aromatic carbocycles. The smallest absolute Gasteiger partial charge is 0.00413 e. The van der Waals surface area contributed by atoms with Gasteiger partial charge in [-0.2, -0.15) is 0 Å². The Morgan fingerprint density at radius 3 is 2.45 bits per heavy atom. The van der Waals surface area contributed by atoms with Gasteiger partial charge in [0.15, 0.2) is 0 Å². The van der Waals surface area contributed by atoms with Crippen LogP contribution in [0.25, 0.3) is 0 Å². The van der Waals surface area contributed by atoms with Crippen molar-refractivity contribution in [1.82, 2.24) is 4.90 Å². The molecule has 1 aliphatic heterocycles. The van der Waals surface area contributed by atoms with Crippen molar-refractivity contribution in [2.75, 3.05) is 13.1 Å². The van der Waals surface area contributed by atoms with E-state index in [0.29, 0.717) is 5.41 Å². The van der Waals surface area contributed by atoms with Gasteiger partial charge in [0.2, 0.25) is 0 Å². The van der Waals surface area contributed by atoms with E-state index < -0.39 is 0 Å². The Bertz CT molecular complexity index is 164. The number of rotatable bonds is 1. The fourth-order valence-electron chi connectivity index (χ4n) is 2.57. The minimum atomic E-state index is 0.713. The second kappa shape index (κ2) is 2.22. The lowest BCUT2D eigenvalue weighted by Gasteiger charge is -2.40. The van der Waals surface area contributed by atoms with Gasteiger partial charge in [-0.3, -0.25) is 0 Å². The average Bonchev–Trinajstić information content (AvgIpc) is 2.13. The molecule has 0 bridgehead atoms. The highest BCUT2D eigenvalue weighted by atomic mass is 15.2. The van der Waals surface area contributed by atoms with E-state index in [1.807, 2.05) is 0 Å². The molecule has 2 aliphatic rings. The molecule has 64 valence electrons. The van der Waals surface area contributed by atoms with Crippen LogP contribution in [-0.4, -0.2) is 24.0 Å². The summed E-state index contributed by atoms with van der Waals surface area (Å²) < 4.78 is 0. The zero-order valence-electron chi connectivity index (χ0n) is 7.93. The average molecular weight is 153 g/mol. The molecule has 11 heavy (non-hydrogen) atoms. The molecule has 1 heterocycles. The topological polar surface area (TPSA) is 3.24 Å². The van der Waals surface area contributed by atoms with Crippen LogP contribution in [0, 0.1) is 11.3 Å². The summed E-state index contributed by atoms with van der Waals surface area (Å²) >= 11 is 0. The fraction of sp³-hybridized carbons (Fsp3) is 1.00. The first-order chi connectivity index (χ1) is 5.12. The van der Waals surface area contributed by atoms with Gasteiger partial charge >= 0.3 is 0 Å². The van der Waals surface area contributed by atoms with E-state index in [1.54, 1.807) is 0 Å². The second-order valence-electron chi connectivity index (χ2n) is 4.91. The molecule has 1 heteroatoms. The summed E-state index contributed by atoms with van der Waals surface area (Å²) in [5.41, 5.74) is 0.713. The van der Waals surface area contributed by atoms with Crippen molar-refractivity contribution >= 4 is 0 Å². The molecule has 2 rings (SSSR count). The van der Waals surface area contributed by atoms with Crippen molar-refractivity contribution in [3.8, 4) is 0 Å². The largest absolute Gasteiger partial charge is 0.300 e. The number of fused-ring (bicyclic) bond motifs is 1. The molecule has 0 aromatic heterocycles. The van der Waals surface area contributed by atoms with Crippen LogP contribution >= 0.6 is 0 Å². The van der Waals surface area contributed by atoms with Gasteiger partial charge in [0.25, 0.3) is 0 Å². The molecular formula is C10H19N. The molecule has 2 unspecified atom stereocenters. The predicted octanol–water partition coefficient (Wildman–Crippen LogP) is 2.13. The van der Waals surface area contributed by atoms with Crippen molar-refractivity contribution in [3.05, 3.63) is 0 Å². The summed E-state index contributed by atoms with van der Waals surface area (Å²) in [6.07, 6.45) is 2.96. The maximum Gasteiger partial charge on any atom is 0.00413 e. The summed E-state index contributed by atoms with van der Waals surface area (Å²) in [7, 11) is 0. The quantitative estimate of drug-likeness (QED) is 0.558. The third-order valence-electron chi connectivity index (χ3n) is 3.80. The first-order valence-corrected chi connectivity index (χ1v) is 4.86. The summed E-state index contributed by atoms with van der Waals surface area (Å²) in [4.78, 5) is 2.64. The first kappa shape index (κ1) is 7.60. The Kier molecular flexibility index (Phi) is 1.54. The van der Waals surface area contributed by atoms with Crippen LogP contribution in [0.15, 0.2) is 0 Å². The number of hydrogen-bond donors (Lipinski definition) is 0. The van der Waals surface area contributed by atoms with Gasteiger partial charge in [-0.15, -0.1) is 0 Å². The van der Waals surface area contributed by atoms with Crippen LogP contribution in [0.3, 0.4) is 0 Å². The summed E-state index contributed by atoms with van der Waals surface area (Å²) in [6, 6.07) is 0.762. The lowest BCUT2D eigenvalue weighted by atomic mass is 9.64. The Morgan fingerprint density at radius 2 is 2.18 bits per heavy atom. The third kappa shape index (κ3) is 1.01. The number of hydrogen-bond acceptors (Lipinski definition) is 1. The van der Waals surface area contributed by atoms with E-state index in [2.05, 4.69) is 25.7 Å². The molecule has 0 radical (unpaired) electrons. The lowest BCUT2D eigenvalue weighted by Crippen LogP contribution is -2.36. The standard InChI is InChI=1S/C10H19N/c1-8(2)11-6-9-4-5-10(9,3)7-11/h8-9H,4-7H2,1-3H3. The van der Waals surface area contributed by atoms with Crippen molar-refractivity contribution in [2.24, 2.45) is 11.3 Å². The Labute approximate surface area is 69.8 Å². The zero-order chi connectivity index (χ0) is 8.06. The van der Waals surface area contributed by atoms with Gasteiger partial charge in [0, 0.05) is 19.1 Å². The summed E-state index contributed by atoms with van der Waals surface area (Å²) in [5.74, 6) is 1.03. The van der Waals surface area contributed by atoms with E-state index in [9.17, 15) is 0 Å². The molecule has 0 N–H and O–H groups in total. The molecular weight excluding hydrogens is 134 g/mol. The van der Waals surface area contributed by atoms with E-state index in [1.165, 1.54) is 25.9 Å². The predicted molar refractivity (Wildman–Crippen MR) is 47.5 cm³/mol. The molecule has 2 fully saturated rings. The van der Waals surface area contributed by atoms with Gasteiger partial charge in [0.1, 0.15) is 0 Å². The van der Waals surface area contributed by atoms with Gasteiger partial charge in [-0.05, 0) is 38.0 Å². The van der Waals surface area contributed by atoms with E-state index in [0.717, 1.165) is 12.0 Å². The van der Waals surface area contributed by atoms with Gasteiger partial charge in [-0.25, -0.2) is 0 Å². The van der Waals surface area contributed by atoms with E-state index >= 15 is 0 Å². The molecule has 2 atom stereocenters. The monoisotopic (exact) mass is 153 g/mol. The van der Waals surface area contributed by atoms with Gasteiger partial charge < -0.3 is 4.90 Å². The van der Waals surface area contributed by atoms with E-state index in [4.69, 9.17) is 0 Å². The first-order valence-electron chi connectivity index (χ1n) is 4.86. The van der Waals surface area contributed by atoms with E-state index in [-0.39, 0.29) is 0 Å². The molecule has 0 spiro atoms. The molecule has 0 amide bonds. The lowest BCUT2D eigenvalue weighted by molar-refractivity contribution is 0.107. The Balaban J connectivity index is 2.02. The summed E-state index contributed by atoms with van der Waals surface area (Å²) in [6.45, 7) is 9.81. The molecule has 0 aromatic rings. The van der Waals surface area contributed by atoms with Crippen LogP contribution < -0.4 is 0 Å². The Morgan fingerprint density at radius 1 is 1.45 bits per heavy atom. The molecule has 1 saturated carbocycles. The molecule has 1 aliphatic carbocycles. The van der Waals surface area contributed by atoms with Crippen molar-refractivity contribution in [2.45, 2.75) is 39.7 Å². The van der Waals surface area contributed by atoms with Crippen LogP contribution in [0.5, 0.6) is 0 Å². The highest BCUT2D eigenvalue weighted by Crippen LogP contribution is 2.51. The van der Waals surface area contributed by atoms with Crippen LogP contribution in [0.4, 0.5) is 0 Å². The normalized spacial score (nSPS) is 44.2. The minimum absolute atomic E-state index is 0.713.